The second-order valence-electron chi connectivity index (χ2n) is 12.5. The standard InChI is InChI=1S/C34H42F3N9O3S/c1-5-8-39-33(49)42-29-18-23(32-41-28(21-50-32)34(35,36)37)25(19-40-29)22-6-7-27-24(17-22)30(47)26(31(48)38-9-10-43(2)3)20-46(27)16-15-45-13-11-44(4)12-14-45/h6-7,17-21H,5,8-16H2,1-4H3,(H,38,48)(H2,39,40,42,49). The zero-order valence-corrected chi connectivity index (χ0v) is 29.4. The van der Waals surface area contributed by atoms with E-state index in [-0.39, 0.29) is 21.8 Å². The van der Waals surface area contributed by atoms with Crippen molar-refractivity contribution in [2.24, 2.45) is 0 Å². The number of aromatic nitrogens is 3. The molecule has 268 valence electrons. The van der Waals surface area contributed by atoms with Gasteiger partial charge in [-0.2, -0.15) is 13.2 Å². The molecule has 0 radical (unpaired) electrons. The molecule has 0 unspecified atom stereocenters. The van der Waals surface area contributed by atoms with Crippen LogP contribution in [0.2, 0.25) is 0 Å². The van der Waals surface area contributed by atoms with Gasteiger partial charge in [0.2, 0.25) is 5.43 Å². The summed E-state index contributed by atoms with van der Waals surface area (Å²) >= 11 is 0.808. The summed E-state index contributed by atoms with van der Waals surface area (Å²) in [7, 11) is 5.86. The molecule has 16 heteroatoms. The predicted octanol–water partition coefficient (Wildman–Crippen LogP) is 4.28. The highest BCUT2D eigenvalue weighted by atomic mass is 32.1. The van der Waals surface area contributed by atoms with Gasteiger partial charge < -0.3 is 25.0 Å². The van der Waals surface area contributed by atoms with Crippen LogP contribution in [0.5, 0.6) is 0 Å². The summed E-state index contributed by atoms with van der Waals surface area (Å²) in [6.07, 6.45) is -0.894. The van der Waals surface area contributed by atoms with Crippen LogP contribution in [0.4, 0.5) is 23.8 Å². The van der Waals surface area contributed by atoms with Crippen LogP contribution in [0.15, 0.2) is 46.8 Å². The van der Waals surface area contributed by atoms with Gasteiger partial charge in [-0.25, -0.2) is 14.8 Å². The fourth-order valence-corrected chi connectivity index (χ4v) is 6.43. The Morgan fingerprint density at radius 1 is 1.02 bits per heavy atom. The Balaban J connectivity index is 1.59. The number of hydrogen-bond donors (Lipinski definition) is 3. The lowest BCUT2D eigenvalue weighted by atomic mass is 9.99. The molecule has 3 N–H and O–H groups in total. The van der Waals surface area contributed by atoms with E-state index in [1.165, 1.54) is 12.3 Å². The zero-order valence-electron chi connectivity index (χ0n) is 28.6. The molecule has 12 nitrogen and oxygen atoms in total. The summed E-state index contributed by atoms with van der Waals surface area (Å²) in [5.41, 5.74) is 0.288. The second-order valence-corrected chi connectivity index (χ2v) is 13.4. The molecule has 0 aliphatic carbocycles. The number of piperazine rings is 1. The molecule has 0 saturated carbocycles. The summed E-state index contributed by atoms with van der Waals surface area (Å²) in [6.45, 7) is 8.24. The highest BCUT2D eigenvalue weighted by Crippen LogP contribution is 2.39. The topological polar surface area (TPSA) is 128 Å². The average Bonchev–Trinajstić information content (AvgIpc) is 3.59. The number of thiazole rings is 1. The smallest absolute Gasteiger partial charge is 0.351 e. The number of nitrogens with one attached hydrogen (secondary N) is 3. The number of hydrogen-bond acceptors (Lipinski definition) is 9. The molecule has 5 rings (SSSR count). The lowest BCUT2D eigenvalue weighted by molar-refractivity contribution is -0.140. The van der Waals surface area contributed by atoms with Crippen LogP contribution in [0.25, 0.3) is 32.6 Å². The first-order valence-corrected chi connectivity index (χ1v) is 17.3. The molecule has 3 amide bonds. The Kier molecular flexibility index (Phi) is 11.9. The summed E-state index contributed by atoms with van der Waals surface area (Å²) in [4.78, 5) is 54.5. The highest BCUT2D eigenvalue weighted by molar-refractivity contribution is 7.13. The third-order valence-electron chi connectivity index (χ3n) is 8.44. The summed E-state index contributed by atoms with van der Waals surface area (Å²) in [5, 5.41) is 9.41. The van der Waals surface area contributed by atoms with Crippen molar-refractivity contribution in [2.75, 3.05) is 78.8 Å². The molecule has 1 aliphatic rings. The summed E-state index contributed by atoms with van der Waals surface area (Å²) in [5.74, 6) is -0.371. The molecule has 4 heterocycles. The molecule has 1 aliphatic heterocycles. The molecule has 0 spiro atoms. The molecule has 1 fully saturated rings. The van der Waals surface area contributed by atoms with Crippen LogP contribution in [0, 0.1) is 0 Å². The van der Waals surface area contributed by atoms with E-state index in [9.17, 15) is 27.6 Å². The first kappa shape index (κ1) is 36.9. The van der Waals surface area contributed by atoms with E-state index in [1.807, 2.05) is 30.5 Å². The van der Waals surface area contributed by atoms with E-state index in [0.717, 1.165) is 49.4 Å². The maximum atomic E-state index is 14.0. The number of carbonyl (C=O) groups is 2. The van der Waals surface area contributed by atoms with E-state index in [0.29, 0.717) is 54.8 Å². The van der Waals surface area contributed by atoms with Crippen molar-refractivity contribution in [1.82, 2.24) is 39.9 Å². The number of anilines is 1. The van der Waals surface area contributed by atoms with Gasteiger partial charge in [-0.15, -0.1) is 11.3 Å². The number of nitrogens with zero attached hydrogens (tertiary/aromatic N) is 6. The Hall–Kier alpha value is -4.38. The molecule has 4 aromatic rings. The molecule has 50 heavy (non-hydrogen) atoms. The van der Waals surface area contributed by atoms with Gasteiger partial charge in [-0.1, -0.05) is 13.0 Å². The van der Waals surface area contributed by atoms with E-state index in [1.54, 1.807) is 24.4 Å². The summed E-state index contributed by atoms with van der Waals surface area (Å²) in [6, 6.07) is 6.14. The number of urea groups is 1. The molecule has 1 aromatic carbocycles. The third kappa shape index (κ3) is 9.04. The van der Waals surface area contributed by atoms with Gasteiger partial charge in [0, 0.05) is 93.2 Å². The van der Waals surface area contributed by atoms with Gasteiger partial charge in [-0.3, -0.25) is 19.8 Å². The molecule has 0 atom stereocenters. The Labute approximate surface area is 292 Å². The third-order valence-corrected chi connectivity index (χ3v) is 9.32. The van der Waals surface area contributed by atoms with Gasteiger partial charge in [0.15, 0.2) is 5.69 Å². The minimum atomic E-state index is -4.65. The van der Waals surface area contributed by atoms with Crippen LogP contribution in [-0.2, 0) is 12.7 Å². The van der Waals surface area contributed by atoms with Crippen LogP contribution < -0.4 is 21.4 Å². The van der Waals surface area contributed by atoms with Gasteiger partial charge in [0.1, 0.15) is 16.4 Å². The van der Waals surface area contributed by atoms with Gasteiger partial charge >= 0.3 is 12.2 Å². The molecular weight excluding hydrogens is 671 g/mol. The minimum Gasteiger partial charge on any atom is -0.351 e. The predicted molar refractivity (Wildman–Crippen MR) is 190 cm³/mol. The van der Waals surface area contributed by atoms with E-state index >= 15 is 0 Å². The van der Waals surface area contributed by atoms with Crippen molar-refractivity contribution in [2.45, 2.75) is 26.1 Å². The molecular formula is C34H42F3N9O3S. The highest BCUT2D eigenvalue weighted by Gasteiger charge is 2.34. The number of fused-ring (bicyclic) bond motifs is 1. The Morgan fingerprint density at radius 2 is 1.78 bits per heavy atom. The molecule has 1 saturated heterocycles. The van der Waals surface area contributed by atoms with Gasteiger partial charge in [0.05, 0.1) is 5.52 Å². The number of halogens is 3. The normalized spacial score (nSPS) is 14.3. The van der Waals surface area contributed by atoms with Crippen molar-refractivity contribution < 1.29 is 22.8 Å². The van der Waals surface area contributed by atoms with Crippen molar-refractivity contribution >= 4 is 40.0 Å². The zero-order chi connectivity index (χ0) is 36.0. The number of rotatable bonds is 12. The second kappa shape index (κ2) is 16.1. The number of alkyl halides is 3. The monoisotopic (exact) mass is 713 g/mol. The largest absolute Gasteiger partial charge is 0.434 e. The quantitative estimate of drug-likeness (QED) is 0.199. The number of likely N-dealkylation sites (N-methyl/N-ethyl adjacent to an activating group) is 2. The van der Waals surface area contributed by atoms with E-state index in [4.69, 9.17) is 0 Å². The van der Waals surface area contributed by atoms with Crippen LogP contribution >= 0.6 is 11.3 Å². The Morgan fingerprint density at radius 3 is 2.46 bits per heavy atom. The number of benzene rings is 1. The van der Waals surface area contributed by atoms with Crippen molar-refractivity contribution in [3.8, 4) is 21.7 Å². The van der Waals surface area contributed by atoms with Crippen molar-refractivity contribution in [1.29, 1.82) is 0 Å². The molecule has 3 aromatic heterocycles. The maximum Gasteiger partial charge on any atom is 0.434 e. The van der Waals surface area contributed by atoms with E-state index < -0.39 is 29.2 Å². The van der Waals surface area contributed by atoms with Crippen LogP contribution in [-0.4, -0.2) is 115 Å². The minimum absolute atomic E-state index is 0.00230. The molecule has 0 bridgehead atoms. The van der Waals surface area contributed by atoms with Crippen molar-refractivity contribution in [3.63, 3.8) is 0 Å². The fourth-order valence-electron chi connectivity index (χ4n) is 5.58. The Bertz CT molecular complexity index is 1890. The van der Waals surface area contributed by atoms with Crippen LogP contribution in [0.3, 0.4) is 0 Å². The number of carbonyl (C=O) groups excluding carboxylic acids is 2. The number of amides is 3. The lowest BCUT2D eigenvalue weighted by Gasteiger charge is -2.32. The van der Waals surface area contributed by atoms with Gasteiger partial charge in [-0.05, 0) is 51.3 Å². The lowest BCUT2D eigenvalue weighted by Crippen LogP contribution is -2.45. The van der Waals surface area contributed by atoms with Crippen molar-refractivity contribution in [3.05, 3.63) is 63.5 Å². The van der Waals surface area contributed by atoms with Crippen LogP contribution in [0.1, 0.15) is 29.4 Å². The average molecular weight is 714 g/mol. The number of pyridine rings is 2. The first-order valence-electron chi connectivity index (χ1n) is 16.4. The van der Waals surface area contributed by atoms with E-state index in [2.05, 4.69) is 42.8 Å². The van der Waals surface area contributed by atoms with Gasteiger partial charge in [0.25, 0.3) is 5.91 Å². The SMILES string of the molecule is CCCNC(=O)Nc1cc(-c2nc(C(F)(F)F)cs2)c(-c2ccc3c(c2)c(=O)c(C(=O)NCCN(C)C)cn3CCN2CCN(C)CC2)cn1. The maximum absolute atomic E-state index is 14.0. The summed E-state index contributed by atoms with van der Waals surface area (Å²) < 4.78 is 42.6. The fraction of sp³-hybridized carbons (Fsp3) is 0.441. The first-order chi connectivity index (χ1) is 23.8.